The van der Waals surface area contributed by atoms with Crippen molar-refractivity contribution in [2.75, 3.05) is 32.7 Å². The first-order valence-corrected chi connectivity index (χ1v) is 7.08. The van der Waals surface area contributed by atoms with Gasteiger partial charge in [0, 0.05) is 32.7 Å². The van der Waals surface area contributed by atoms with Crippen molar-refractivity contribution in [1.29, 1.82) is 0 Å². The Morgan fingerprint density at radius 1 is 1.06 bits per heavy atom. The summed E-state index contributed by atoms with van der Waals surface area (Å²) in [4.78, 5) is 2.58. The second kappa shape index (κ2) is 5.85. The molecule has 0 saturated carbocycles. The summed E-state index contributed by atoms with van der Waals surface area (Å²) in [6.07, 6.45) is 0. The predicted molar refractivity (Wildman–Crippen MR) is 78.4 cm³/mol. The Morgan fingerprint density at radius 2 is 1.67 bits per heavy atom. The average Bonchev–Trinajstić information content (AvgIpc) is 2.35. The van der Waals surface area contributed by atoms with Crippen LogP contribution in [0.4, 0.5) is 0 Å². The number of hydrogen-bond donors (Lipinski definition) is 1. The molecule has 1 heterocycles. The molecule has 0 radical (unpaired) electrons. The summed E-state index contributed by atoms with van der Waals surface area (Å²) in [6.45, 7) is 14.9. The molecular weight excluding hydrogens is 220 g/mol. The number of nitrogens with zero attached hydrogens (tertiary/aromatic N) is 1. The molecule has 1 saturated heterocycles. The zero-order valence-electron chi connectivity index (χ0n) is 12.2. The standard InChI is InChI=1S/C16H26N2/c1-12-9-14(3)16(10-13(12)2)15(4)11-18-7-5-17-6-8-18/h9-10,15,17H,5-8,11H2,1-4H3. The summed E-state index contributed by atoms with van der Waals surface area (Å²) in [5.41, 5.74) is 5.80. The van der Waals surface area contributed by atoms with E-state index in [1.54, 1.807) is 0 Å². The van der Waals surface area contributed by atoms with Gasteiger partial charge in [-0.15, -0.1) is 0 Å². The van der Waals surface area contributed by atoms with E-state index < -0.39 is 0 Å². The van der Waals surface area contributed by atoms with Crippen LogP contribution >= 0.6 is 0 Å². The molecule has 2 nitrogen and oxygen atoms in total. The molecule has 0 aromatic heterocycles. The second-order valence-electron chi connectivity index (χ2n) is 5.74. The number of benzene rings is 1. The van der Waals surface area contributed by atoms with E-state index >= 15 is 0 Å². The zero-order chi connectivity index (χ0) is 13.1. The van der Waals surface area contributed by atoms with Crippen LogP contribution in [0.3, 0.4) is 0 Å². The molecule has 0 bridgehead atoms. The third-order valence-electron chi connectivity index (χ3n) is 4.15. The highest BCUT2D eigenvalue weighted by molar-refractivity contribution is 5.38. The monoisotopic (exact) mass is 246 g/mol. The lowest BCUT2D eigenvalue weighted by Gasteiger charge is -2.30. The SMILES string of the molecule is Cc1cc(C)c(C(C)CN2CCNCC2)cc1C. The van der Waals surface area contributed by atoms with Crippen molar-refractivity contribution >= 4 is 0 Å². The van der Waals surface area contributed by atoms with Crippen LogP contribution in [0, 0.1) is 20.8 Å². The highest BCUT2D eigenvalue weighted by atomic mass is 15.2. The summed E-state index contributed by atoms with van der Waals surface area (Å²) >= 11 is 0. The van der Waals surface area contributed by atoms with E-state index in [4.69, 9.17) is 0 Å². The fraction of sp³-hybridized carbons (Fsp3) is 0.625. The summed E-state index contributed by atoms with van der Waals surface area (Å²) in [5, 5.41) is 3.41. The van der Waals surface area contributed by atoms with Crippen LogP contribution in [0.1, 0.15) is 35.1 Å². The van der Waals surface area contributed by atoms with E-state index in [-0.39, 0.29) is 0 Å². The topological polar surface area (TPSA) is 15.3 Å². The van der Waals surface area contributed by atoms with Crippen LogP contribution in [0.25, 0.3) is 0 Å². The quantitative estimate of drug-likeness (QED) is 0.882. The highest BCUT2D eigenvalue weighted by Crippen LogP contribution is 2.24. The molecule has 1 aromatic carbocycles. The lowest BCUT2D eigenvalue weighted by atomic mass is 9.92. The van der Waals surface area contributed by atoms with Crippen molar-refractivity contribution in [3.8, 4) is 0 Å². The summed E-state index contributed by atoms with van der Waals surface area (Å²) in [5.74, 6) is 0.627. The van der Waals surface area contributed by atoms with Crippen LogP contribution in [-0.2, 0) is 0 Å². The molecule has 1 unspecified atom stereocenters. The van der Waals surface area contributed by atoms with Gasteiger partial charge in [-0.25, -0.2) is 0 Å². The first-order valence-electron chi connectivity index (χ1n) is 7.08. The van der Waals surface area contributed by atoms with Gasteiger partial charge in [0.2, 0.25) is 0 Å². The average molecular weight is 246 g/mol. The second-order valence-corrected chi connectivity index (χ2v) is 5.74. The van der Waals surface area contributed by atoms with Gasteiger partial charge in [0.1, 0.15) is 0 Å². The molecular formula is C16H26N2. The van der Waals surface area contributed by atoms with Crippen molar-refractivity contribution in [1.82, 2.24) is 10.2 Å². The molecule has 1 aliphatic rings. The fourth-order valence-corrected chi connectivity index (χ4v) is 2.89. The van der Waals surface area contributed by atoms with Gasteiger partial charge < -0.3 is 10.2 Å². The maximum atomic E-state index is 3.41. The highest BCUT2D eigenvalue weighted by Gasteiger charge is 2.16. The molecule has 1 N–H and O–H groups in total. The van der Waals surface area contributed by atoms with Crippen molar-refractivity contribution in [2.45, 2.75) is 33.6 Å². The summed E-state index contributed by atoms with van der Waals surface area (Å²) < 4.78 is 0. The number of nitrogens with one attached hydrogen (secondary N) is 1. The number of hydrogen-bond acceptors (Lipinski definition) is 2. The van der Waals surface area contributed by atoms with Gasteiger partial charge in [0.05, 0.1) is 0 Å². The van der Waals surface area contributed by atoms with E-state index in [1.165, 1.54) is 41.9 Å². The number of rotatable bonds is 3. The van der Waals surface area contributed by atoms with Crippen LogP contribution in [0.2, 0.25) is 0 Å². The molecule has 1 aromatic rings. The van der Waals surface area contributed by atoms with Crippen LogP contribution < -0.4 is 5.32 Å². The van der Waals surface area contributed by atoms with Crippen LogP contribution in [0.5, 0.6) is 0 Å². The molecule has 0 aliphatic carbocycles. The van der Waals surface area contributed by atoms with E-state index in [1.807, 2.05) is 0 Å². The van der Waals surface area contributed by atoms with Crippen molar-refractivity contribution in [2.24, 2.45) is 0 Å². The van der Waals surface area contributed by atoms with E-state index in [9.17, 15) is 0 Å². The third kappa shape index (κ3) is 3.12. The predicted octanol–water partition coefficient (Wildman–Crippen LogP) is 2.62. The largest absolute Gasteiger partial charge is 0.314 e. The lowest BCUT2D eigenvalue weighted by molar-refractivity contribution is 0.230. The first kappa shape index (κ1) is 13.6. The summed E-state index contributed by atoms with van der Waals surface area (Å²) in [6, 6.07) is 4.72. The maximum absolute atomic E-state index is 3.41. The first-order chi connectivity index (χ1) is 8.58. The van der Waals surface area contributed by atoms with E-state index in [0.717, 1.165) is 13.1 Å². The maximum Gasteiger partial charge on any atom is 0.0108 e. The van der Waals surface area contributed by atoms with Crippen molar-refractivity contribution < 1.29 is 0 Å². The van der Waals surface area contributed by atoms with Gasteiger partial charge in [-0.05, 0) is 48.9 Å². The number of aryl methyl sites for hydroxylation is 3. The van der Waals surface area contributed by atoms with E-state index in [0.29, 0.717) is 5.92 Å². The van der Waals surface area contributed by atoms with Gasteiger partial charge in [-0.2, -0.15) is 0 Å². The smallest absolute Gasteiger partial charge is 0.0108 e. The molecule has 18 heavy (non-hydrogen) atoms. The molecule has 0 amide bonds. The summed E-state index contributed by atoms with van der Waals surface area (Å²) in [7, 11) is 0. The molecule has 0 spiro atoms. The Labute approximate surface area is 111 Å². The lowest BCUT2D eigenvalue weighted by Crippen LogP contribution is -2.44. The molecule has 1 fully saturated rings. The van der Waals surface area contributed by atoms with Gasteiger partial charge >= 0.3 is 0 Å². The van der Waals surface area contributed by atoms with Crippen molar-refractivity contribution in [3.05, 3.63) is 34.4 Å². The Hall–Kier alpha value is -0.860. The normalized spacial score (nSPS) is 18.9. The van der Waals surface area contributed by atoms with E-state index in [2.05, 4.69) is 50.0 Å². The van der Waals surface area contributed by atoms with Crippen LogP contribution in [0.15, 0.2) is 12.1 Å². The minimum absolute atomic E-state index is 0.627. The minimum atomic E-state index is 0.627. The van der Waals surface area contributed by atoms with Gasteiger partial charge in [-0.1, -0.05) is 19.1 Å². The van der Waals surface area contributed by atoms with Crippen LogP contribution in [-0.4, -0.2) is 37.6 Å². The Balaban J connectivity index is 2.08. The minimum Gasteiger partial charge on any atom is -0.314 e. The fourth-order valence-electron chi connectivity index (χ4n) is 2.89. The Morgan fingerprint density at radius 3 is 2.33 bits per heavy atom. The third-order valence-corrected chi connectivity index (χ3v) is 4.15. The Bertz CT molecular complexity index is 406. The van der Waals surface area contributed by atoms with Gasteiger partial charge in [0.25, 0.3) is 0 Å². The molecule has 1 aliphatic heterocycles. The molecule has 2 rings (SSSR count). The Kier molecular flexibility index (Phi) is 4.41. The van der Waals surface area contributed by atoms with Crippen molar-refractivity contribution in [3.63, 3.8) is 0 Å². The zero-order valence-corrected chi connectivity index (χ0v) is 12.2. The number of piperazine rings is 1. The van der Waals surface area contributed by atoms with Gasteiger partial charge in [-0.3, -0.25) is 0 Å². The van der Waals surface area contributed by atoms with Gasteiger partial charge in [0.15, 0.2) is 0 Å². The molecule has 1 atom stereocenters. The molecule has 2 heteroatoms. The molecule has 100 valence electrons.